The smallest absolute Gasteiger partial charge is 0.0407 e. The highest BCUT2D eigenvalue weighted by Gasteiger charge is 2.39. The predicted octanol–water partition coefficient (Wildman–Crippen LogP) is 3.43. The maximum absolute atomic E-state index is 2.56. The molecule has 0 aromatic heterocycles. The number of fused-ring (bicyclic) bond motifs is 1. The molecule has 0 saturated carbocycles. The molecule has 0 saturated heterocycles. The van der Waals surface area contributed by atoms with Gasteiger partial charge in [-0.25, -0.2) is 0 Å². The fourth-order valence-corrected chi connectivity index (χ4v) is 3.07. The number of aryl methyl sites for hydroxylation is 1. The molecule has 0 radical (unpaired) electrons. The Morgan fingerprint density at radius 3 is 2.58 bits per heavy atom. The van der Waals surface area contributed by atoms with Gasteiger partial charge in [0.1, 0.15) is 0 Å². The van der Waals surface area contributed by atoms with Crippen LogP contribution < -0.4 is 4.90 Å². The van der Waals surface area contributed by atoms with Crippen LogP contribution in [0.25, 0.3) is 0 Å². The van der Waals surface area contributed by atoms with E-state index in [4.69, 9.17) is 0 Å². The van der Waals surface area contributed by atoms with Gasteiger partial charge in [0.05, 0.1) is 0 Å². The molecule has 1 aliphatic rings. The summed E-state index contributed by atoms with van der Waals surface area (Å²) in [5.41, 5.74) is 4.65. The zero-order chi connectivity index (χ0) is 14.2. The van der Waals surface area contributed by atoms with Crippen LogP contribution >= 0.6 is 0 Å². The van der Waals surface area contributed by atoms with Crippen molar-refractivity contribution in [3.05, 3.63) is 29.3 Å². The van der Waals surface area contributed by atoms with Gasteiger partial charge in [-0.15, -0.1) is 0 Å². The largest absolute Gasteiger partial charge is 0.368 e. The molecule has 0 bridgehead atoms. The van der Waals surface area contributed by atoms with Crippen LogP contribution in [0.2, 0.25) is 0 Å². The summed E-state index contributed by atoms with van der Waals surface area (Å²) < 4.78 is 0. The van der Waals surface area contributed by atoms with E-state index in [9.17, 15) is 0 Å². The van der Waals surface area contributed by atoms with Gasteiger partial charge in [0, 0.05) is 23.7 Å². The minimum Gasteiger partial charge on any atom is -0.368 e. The maximum atomic E-state index is 2.56. The molecule has 106 valence electrons. The SMILES string of the molecule is Cc1ccc2c(c1)C(C)(CCN(C)C)CN2C(C)C. The number of nitrogens with zero attached hydrogens (tertiary/aromatic N) is 2. The second kappa shape index (κ2) is 5.16. The quantitative estimate of drug-likeness (QED) is 0.818. The minimum atomic E-state index is 0.288. The highest BCUT2D eigenvalue weighted by molar-refractivity contribution is 5.64. The number of hydrogen-bond acceptors (Lipinski definition) is 2. The third kappa shape index (κ3) is 2.79. The molecule has 19 heavy (non-hydrogen) atoms. The molecule has 0 fully saturated rings. The summed E-state index contributed by atoms with van der Waals surface area (Å²) in [7, 11) is 4.32. The van der Waals surface area contributed by atoms with Gasteiger partial charge in [0.2, 0.25) is 0 Å². The van der Waals surface area contributed by atoms with E-state index >= 15 is 0 Å². The lowest BCUT2D eigenvalue weighted by molar-refractivity contribution is 0.336. The van der Waals surface area contributed by atoms with Gasteiger partial charge in [-0.05, 0) is 59.5 Å². The number of hydrogen-bond donors (Lipinski definition) is 0. The van der Waals surface area contributed by atoms with Gasteiger partial charge in [0.15, 0.2) is 0 Å². The van der Waals surface area contributed by atoms with E-state index in [1.165, 1.54) is 17.7 Å². The van der Waals surface area contributed by atoms with Crippen molar-refractivity contribution in [1.29, 1.82) is 0 Å². The first-order valence-electron chi connectivity index (χ1n) is 7.36. The summed E-state index contributed by atoms with van der Waals surface area (Å²) in [4.78, 5) is 4.85. The van der Waals surface area contributed by atoms with E-state index in [0.29, 0.717) is 6.04 Å². The van der Waals surface area contributed by atoms with Crippen molar-refractivity contribution in [3.63, 3.8) is 0 Å². The average Bonchev–Trinajstić information content (AvgIpc) is 2.61. The third-order valence-corrected chi connectivity index (χ3v) is 4.37. The van der Waals surface area contributed by atoms with Crippen LogP contribution in [0.3, 0.4) is 0 Å². The maximum Gasteiger partial charge on any atom is 0.0407 e. The van der Waals surface area contributed by atoms with Gasteiger partial charge < -0.3 is 9.80 Å². The van der Waals surface area contributed by atoms with Crippen LogP contribution in [0, 0.1) is 6.92 Å². The van der Waals surface area contributed by atoms with E-state index in [1.807, 2.05) is 0 Å². The Kier molecular flexibility index (Phi) is 3.91. The Bertz CT molecular complexity index is 451. The Morgan fingerprint density at radius 1 is 1.32 bits per heavy atom. The minimum absolute atomic E-state index is 0.288. The highest BCUT2D eigenvalue weighted by atomic mass is 15.2. The molecule has 2 rings (SSSR count). The molecule has 1 atom stereocenters. The summed E-state index contributed by atoms with van der Waals surface area (Å²) in [6.45, 7) is 11.5. The molecule has 0 aliphatic carbocycles. The summed E-state index contributed by atoms with van der Waals surface area (Å²) in [5, 5.41) is 0. The Morgan fingerprint density at radius 2 is 2.00 bits per heavy atom. The Labute approximate surface area is 118 Å². The van der Waals surface area contributed by atoms with E-state index < -0.39 is 0 Å². The summed E-state index contributed by atoms with van der Waals surface area (Å²) in [6, 6.07) is 7.52. The van der Waals surface area contributed by atoms with Crippen LogP contribution in [0.4, 0.5) is 5.69 Å². The van der Waals surface area contributed by atoms with E-state index in [0.717, 1.165) is 13.1 Å². The molecule has 1 aromatic rings. The van der Waals surface area contributed by atoms with Gasteiger partial charge in [-0.3, -0.25) is 0 Å². The molecule has 1 unspecified atom stereocenters. The van der Waals surface area contributed by atoms with Crippen molar-refractivity contribution in [2.75, 3.05) is 32.1 Å². The van der Waals surface area contributed by atoms with E-state index in [2.05, 4.69) is 69.8 Å². The first kappa shape index (κ1) is 14.4. The monoisotopic (exact) mass is 260 g/mol. The van der Waals surface area contributed by atoms with Crippen LogP contribution in [0.1, 0.15) is 38.3 Å². The fraction of sp³-hybridized carbons (Fsp3) is 0.647. The summed E-state index contributed by atoms with van der Waals surface area (Å²) in [6.07, 6.45) is 1.22. The molecule has 1 aromatic carbocycles. The second-order valence-corrected chi connectivity index (χ2v) is 6.86. The summed E-state index contributed by atoms with van der Waals surface area (Å²) >= 11 is 0. The number of anilines is 1. The first-order valence-corrected chi connectivity index (χ1v) is 7.36. The fourth-order valence-electron chi connectivity index (χ4n) is 3.07. The van der Waals surface area contributed by atoms with Crippen molar-refractivity contribution in [2.24, 2.45) is 0 Å². The topological polar surface area (TPSA) is 6.48 Å². The van der Waals surface area contributed by atoms with Crippen molar-refractivity contribution in [3.8, 4) is 0 Å². The Hall–Kier alpha value is -1.02. The second-order valence-electron chi connectivity index (χ2n) is 6.86. The molecule has 1 heterocycles. The molecule has 0 spiro atoms. The van der Waals surface area contributed by atoms with Crippen molar-refractivity contribution in [1.82, 2.24) is 4.90 Å². The van der Waals surface area contributed by atoms with Gasteiger partial charge in [-0.1, -0.05) is 24.6 Å². The van der Waals surface area contributed by atoms with Crippen molar-refractivity contribution >= 4 is 5.69 Å². The van der Waals surface area contributed by atoms with Crippen molar-refractivity contribution < 1.29 is 0 Å². The number of rotatable bonds is 4. The molecule has 2 heteroatoms. The summed E-state index contributed by atoms with van der Waals surface area (Å²) in [5.74, 6) is 0. The molecule has 0 amide bonds. The number of benzene rings is 1. The molecule has 2 nitrogen and oxygen atoms in total. The lowest BCUT2D eigenvalue weighted by Gasteiger charge is -2.29. The van der Waals surface area contributed by atoms with Crippen LogP contribution in [-0.2, 0) is 5.41 Å². The first-order chi connectivity index (χ1) is 8.83. The lowest BCUT2D eigenvalue weighted by atomic mass is 9.80. The van der Waals surface area contributed by atoms with Crippen LogP contribution in [0.15, 0.2) is 18.2 Å². The van der Waals surface area contributed by atoms with E-state index in [-0.39, 0.29) is 5.41 Å². The normalized spacial score (nSPS) is 22.4. The Balaban J connectivity index is 2.36. The van der Waals surface area contributed by atoms with Crippen LogP contribution in [-0.4, -0.2) is 38.1 Å². The standard InChI is InChI=1S/C17H28N2/c1-13(2)19-12-17(4,9-10-18(5)6)15-11-14(3)7-8-16(15)19/h7-8,11,13H,9-10,12H2,1-6H3. The molecule has 0 N–H and O–H groups in total. The van der Waals surface area contributed by atoms with Crippen molar-refractivity contribution in [2.45, 2.75) is 45.6 Å². The van der Waals surface area contributed by atoms with Gasteiger partial charge in [-0.2, -0.15) is 0 Å². The van der Waals surface area contributed by atoms with Gasteiger partial charge in [0.25, 0.3) is 0 Å². The highest BCUT2D eigenvalue weighted by Crippen LogP contribution is 2.44. The zero-order valence-corrected chi connectivity index (χ0v) is 13.3. The average molecular weight is 260 g/mol. The van der Waals surface area contributed by atoms with Crippen LogP contribution in [0.5, 0.6) is 0 Å². The molecular weight excluding hydrogens is 232 g/mol. The lowest BCUT2D eigenvalue weighted by Crippen LogP contribution is -2.37. The third-order valence-electron chi connectivity index (χ3n) is 4.37. The molecule has 1 aliphatic heterocycles. The molecular formula is C17H28N2. The van der Waals surface area contributed by atoms with Gasteiger partial charge >= 0.3 is 0 Å². The predicted molar refractivity (Wildman–Crippen MR) is 84.2 cm³/mol. The van der Waals surface area contributed by atoms with E-state index in [1.54, 1.807) is 5.56 Å². The zero-order valence-electron chi connectivity index (χ0n) is 13.3.